The molecule has 0 saturated carbocycles. The van der Waals surface area contributed by atoms with Crippen molar-refractivity contribution in [2.24, 2.45) is 0 Å². The van der Waals surface area contributed by atoms with Gasteiger partial charge in [0, 0.05) is 24.6 Å². The van der Waals surface area contributed by atoms with Crippen molar-refractivity contribution in [2.75, 3.05) is 20.3 Å². The number of rotatable bonds is 7. The number of hydrogen-bond acceptors (Lipinski definition) is 5. The van der Waals surface area contributed by atoms with Crippen molar-refractivity contribution >= 4 is 17.2 Å². The molecular weight excluding hydrogens is 312 g/mol. The third-order valence-electron chi connectivity index (χ3n) is 3.42. The van der Waals surface area contributed by atoms with Crippen LogP contribution in [-0.4, -0.2) is 42.4 Å². The molecule has 0 aliphatic rings. The highest BCUT2D eigenvalue weighted by molar-refractivity contribution is 7.13. The van der Waals surface area contributed by atoms with Crippen molar-refractivity contribution in [1.29, 1.82) is 0 Å². The minimum Gasteiger partial charge on any atom is -0.389 e. The standard InChI is InChI=1S/C17H22N2O3S/c1-11(2)12-4-6-13(7-5-12)17-19-15(10-23-17)16(21)18-8-14(20)9-22-3/h4-7,10-11,14,20H,8-9H2,1-3H3,(H,18,21). The van der Waals surface area contributed by atoms with E-state index in [1.165, 1.54) is 24.0 Å². The number of thiazole rings is 1. The predicted molar refractivity (Wildman–Crippen MR) is 91.9 cm³/mol. The van der Waals surface area contributed by atoms with E-state index in [-0.39, 0.29) is 19.1 Å². The number of aliphatic hydroxyl groups excluding tert-OH is 1. The van der Waals surface area contributed by atoms with Gasteiger partial charge in [0.15, 0.2) is 0 Å². The third kappa shape index (κ3) is 4.86. The fraction of sp³-hybridized carbons (Fsp3) is 0.412. The maximum absolute atomic E-state index is 12.0. The molecule has 1 aromatic heterocycles. The van der Waals surface area contributed by atoms with E-state index in [0.29, 0.717) is 11.6 Å². The maximum Gasteiger partial charge on any atom is 0.270 e. The van der Waals surface area contributed by atoms with Gasteiger partial charge < -0.3 is 15.2 Å². The van der Waals surface area contributed by atoms with Crippen molar-refractivity contribution < 1.29 is 14.6 Å². The van der Waals surface area contributed by atoms with E-state index in [1.54, 1.807) is 5.38 Å². The van der Waals surface area contributed by atoms with Crippen LogP contribution in [-0.2, 0) is 4.74 Å². The van der Waals surface area contributed by atoms with Crippen molar-refractivity contribution in [1.82, 2.24) is 10.3 Å². The summed E-state index contributed by atoms with van der Waals surface area (Å²) < 4.78 is 4.82. The monoisotopic (exact) mass is 334 g/mol. The number of aromatic nitrogens is 1. The molecule has 0 saturated heterocycles. The quantitative estimate of drug-likeness (QED) is 0.816. The van der Waals surface area contributed by atoms with E-state index < -0.39 is 6.10 Å². The Bertz CT molecular complexity index is 638. The second-order valence-corrected chi connectivity index (χ2v) is 6.49. The van der Waals surface area contributed by atoms with Gasteiger partial charge in [-0.05, 0) is 11.5 Å². The Kier molecular flexibility index (Phi) is 6.27. The SMILES string of the molecule is COCC(O)CNC(=O)c1csc(-c2ccc(C(C)C)cc2)n1. The zero-order valence-corrected chi connectivity index (χ0v) is 14.4. The number of carbonyl (C=O) groups excluding carboxylic acids is 1. The highest BCUT2D eigenvalue weighted by atomic mass is 32.1. The van der Waals surface area contributed by atoms with E-state index in [0.717, 1.165) is 10.6 Å². The normalized spacial score (nSPS) is 12.4. The molecule has 1 heterocycles. The van der Waals surface area contributed by atoms with E-state index in [4.69, 9.17) is 4.74 Å². The lowest BCUT2D eigenvalue weighted by Gasteiger charge is -2.09. The van der Waals surface area contributed by atoms with Crippen LogP contribution >= 0.6 is 11.3 Å². The Labute approximate surface area is 140 Å². The number of ether oxygens (including phenoxy) is 1. The first kappa shape index (κ1) is 17.6. The Morgan fingerprint density at radius 3 is 2.65 bits per heavy atom. The summed E-state index contributed by atoms with van der Waals surface area (Å²) in [4.78, 5) is 16.4. The topological polar surface area (TPSA) is 71.5 Å². The molecule has 23 heavy (non-hydrogen) atoms. The average molecular weight is 334 g/mol. The number of methoxy groups -OCH3 is 1. The zero-order chi connectivity index (χ0) is 16.8. The molecule has 2 N–H and O–H groups in total. The second-order valence-electron chi connectivity index (χ2n) is 5.63. The molecule has 2 aromatic rings. The summed E-state index contributed by atoms with van der Waals surface area (Å²) in [6, 6.07) is 8.22. The van der Waals surface area contributed by atoms with Crippen molar-refractivity contribution in [3.05, 3.63) is 40.9 Å². The van der Waals surface area contributed by atoms with Crippen LogP contribution in [0.15, 0.2) is 29.6 Å². The van der Waals surface area contributed by atoms with E-state index in [2.05, 4.69) is 36.3 Å². The summed E-state index contributed by atoms with van der Waals surface area (Å²) in [5.41, 5.74) is 2.64. The number of nitrogens with one attached hydrogen (secondary N) is 1. The van der Waals surface area contributed by atoms with Crippen molar-refractivity contribution in [2.45, 2.75) is 25.9 Å². The van der Waals surface area contributed by atoms with Crippen LogP contribution in [0.4, 0.5) is 0 Å². The van der Waals surface area contributed by atoms with Gasteiger partial charge in [-0.1, -0.05) is 38.1 Å². The van der Waals surface area contributed by atoms with E-state index >= 15 is 0 Å². The number of benzene rings is 1. The van der Waals surface area contributed by atoms with Gasteiger partial charge in [-0.15, -0.1) is 11.3 Å². The molecule has 1 aromatic carbocycles. The summed E-state index contributed by atoms with van der Waals surface area (Å²) in [7, 11) is 1.50. The molecule has 1 atom stereocenters. The van der Waals surface area contributed by atoms with Crippen LogP contribution in [0.5, 0.6) is 0 Å². The predicted octanol–water partition coefficient (Wildman–Crippen LogP) is 2.67. The lowest BCUT2D eigenvalue weighted by atomic mass is 10.0. The van der Waals surface area contributed by atoms with Crippen LogP contribution in [0.25, 0.3) is 10.6 Å². The van der Waals surface area contributed by atoms with Crippen LogP contribution < -0.4 is 5.32 Å². The van der Waals surface area contributed by atoms with Gasteiger partial charge in [0.1, 0.15) is 10.7 Å². The molecule has 0 bridgehead atoms. The number of hydrogen-bond donors (Lipinski definition) is 2. The van der Waals surface area contributed by atoms with E-state index in [1.807, 2.05) is 12.1 Å². The molecule has 0 aliphatic carbocycles. The number of carbonyl (C=O) groups is 1. The Morgan fingerprint density at radius 2 is 2.04 bits per heavy atom. The summed E-state index contributed by atoms with van der Waals surface area (Å²) in [6.45, 7) is 4.63. The molecule has 2 rings (SSSR count). The smallest absolute Gasteiger partial charge is 0.270 e. The minimum absolute atomic E-state index is 0.141. The lowest BCUT2D eigenvalue weighted by molar-refractivity contribution is 0.0609. The van der Waals surface area contributed by atoms with Gasteiger partial charge in [0.25, 0.3) is 5.91 Å². The van der Waals surface area contributed by atoms with Gasteiger partial charge in [0.05, 0.1) is 12.7 Å². The molecule has 0 spiro atoms. The molecule has 6 heteroatoms. The summed E-state index contributed by atoms with van der Waals surface area (Å²) in [6.07, 6.45) is -0.717. The first-order valence-electron chi connectivity index (χ1n) is 7.52. The second kappa shape index (κ2) is 8.19. The summed E-state index contributed by atoms with van der Waals surface area (Å²) >= 11 is 1.43. The largest absolute Gasteiger partial charge is 0.389 e. The molecule has 1 amide bonds. The zero-order valence-electron chi connectivity index (χ0n) is 13.6. The Morgan fingerprint density at radius 1 is 1.35 bits per heavy atom. The number of amides is 1. The molecular formula is C17H22N2O3S. The van der Waals surface area contributed by atoms with Crippen molar-refractivity contribution in [3.63, 3.8) is 0 Å². The van der Waals surface area contributed by atoms with E-state index in [9.17, 15) is 9.90 Å². The highest BCUT2D eigenvalue weighted by Gasteiger charge is 2.13. The third-order valence-corrected chi connectivity index (χ3v) is 4.31. The number of aliphatic hydroxyl groups is 1. The number of nitrogens with zero attached hydrogens (tertiary/aromatic N) is 1. The Hall–Kier alpha value is -1.76. The van der Waals surface area contributed by atoms with Gasteiger partial charge in [0.2, 0.25) is 0 Å². The highest BCUT2D eigenvalue weighted by Crippen LogP contribution is 2.25. The average Bonchev–Trinajstić information content (AvgIpc) is 3.03. The van der Waals surface area contributed by atoms with Crippen LogP contribution in [0.3, 0.4) is 0 Å². The van der Waals surface area contributed by atoms with Crippen LogP contribution in [0.1, 0.15) is 35.8 Å². The van der Waals surface area contributed by atoms with Crippen LogP contribution in [0.2, 0.25) is 0 Å². The molecule has 5 nitrogen and oxygen atoms in total. The van der Waals surface area contributed by atoms with Crippen LogP contribution in [0, 0.1) is 0 Å². The summed E-state index contributed by atoms with van der Waals surface area (Å²) in [5.74, 6) is 0.196. The summed E-state index contributed by atoms with van der Waals surface area (Å²) in [5, 5.41) is 14.7. The lowest BCUT2D eigenvalue weighted by Crippen LogP contribution is -2.34. The van der Waals surface area contributed by atoms with Gasteiger partial charge in [-0.2, -0.15) is 0 Å². The van der Waals surface area contributed by atoms with Crippen molar-refractivity contribution in [3.8, 4) is 10.6 Å². The molecule has 1 unspecified atom stereocenters. The molecule has 0 fully saturated rings. The van der Waals surface area contributed by atoms with Gasteiger partial charge in [-0.3, -0.25) is 4.79 Å². The fourth-order valence-electron chi connectivity index (χ4n) is 2.07. The first-order chi connectivity index (χ1) is 11.0. The van der Waals surface area contributed by atoms with Gasteiger partial charge in [-0.25, -0.2) is 4.98 Å². The fourth-order valence-corrected chi connectivity index (χ4v) is 2.88. The molecule has 0 radical (unpaired) electrons. The maximum atomic E-state index is 12.0. The molecule has 0 aliphatic heterocycles. The van der Waals surface area contributed by atoms with Gasteiger partial charge >= 0.3 is 0 Å². The minimum atomic E-state index is -0.717. The Balaban J connectivity index is 2.01. The first-order valence-corrected chi connectivity index (χ1v) is 8.40. The molecule has 124 valence electrons.